The van der Waals surface area contributed by atoms with E-state index in [1.165, 1.54) is 18.3 Å². The zero-order chi connectivity index (χ0) is 20.1. The van der Waals surface area contributed by atoms with Crippen molar-refractivity contribution in [3.8, 4) is 0 Å². The molecule has 0 fully saturated rings. The molecule has 4 nitrogen and oxygen atoms in total. The number of carbonyl (C=O) groups excluding carboxylic acids is 1. The van der Waals surface area contributed by atoms with Crippen molar-refractivity contribution in [3.05, 3.63) is 83.6 Å². The van der Waals surface area contributed by atoms with Crippen molar-refractivity contribution in [1.29, 1.82) is 0 Å². The number of alkyl halides is 3. The van der Waals surface area contributed by atoms with Gasteiger partial charge in [0.05, 0.1) is 23.9 Å². The Bertz CT molecular complexity index is 935. The first-order chi connectivity index (χ1) is 13.3. The number of rotatable bonds is 5. The van der Waals surface area contributed by atoms with Crippen molar-refractivity contribution in [2.45, 2.75) is 19.5 Å². The number of aromatic nitrogens is 1. The van der Waals surface area contributed by atoms with Gasteiger partial charge in [0.25, 0.3) is 0 Å². The van der Waals surface area contributed by atoms with Crippen LogP contribution in [0.15, 0.2) is 66.9 Å². The lowest BCUT2D eigenvalue weighted by Crippen LogP contribution is -2.14. The summed E-state index contributed by atoms with van der Waals surface area (Å²) in [7, 11) is 0. The van der Waals surface area contributed by atoms with Gasteiger partial charge in [-0.15, -0.1) is 0 Å². The fourth-order valence-electron chi connectivity index (χ4n) is 2.53. The van der Waals surface area contributed by atoms with Gasteiger partial charge < -0.3 is 10.6 Å². The number of hydrogen-bond donors (Lipinski definition) is 2. The molecule has 0 atom stereocenters. The molecule has 28 heavy (non-hydrogen) atoms. The van der Waals surface area contributed by atoms with Crippen LogP contribution in [0.3, 0.4) is 0 Å². The Morgan fingerprint density at radius 2 is 1.57 bits per heavy atom. The van der Waals surface area contributed by atoms with Gasteiger partial charge in [0.15, 0.2) is 0 Å². The average molecular weight is 385 g/mol. The maximum atomic E-state index is 12.6. The largest absolute Gasteiger partial charge is 0.416 e. The molecule has 3 aromatic rings. The van der Waals surface area contributed by atoms with Gasteiger partial charge in [-0.25, -0.2) is 4.98 Å². The van der Waals surface area contributed by atoms with Gasteiger partial charge in [0.1, 0.15) is 5.82 Å². The van der Waals surface area contributed by atoms with Crippen LogP contribution in [-0.2, 0) is 17.4 Å². The number of hydrogen-bond acceptors (Lipinski definition) is 3. The van der Waals surface area contributed by atoms with Gasteiger partial charge in [-0.3, -0.25) is 4.79 Å². The van der Waals surface area contributed by atoms with E-state index in [0.717, 1.165) is 23.3 Å². The standard InChI is InChI=1S/C21H18F3N3O/c1-14-2-4-15(5-3-14)12-20(28)27-18-10-11-19(25-13-18)26-17-8-6-16(7-9-17)21(22,23)24/h2-11,13H,12H2,1H3,(H,25,26)(H,27,28). The van der Waals surface area contributed by atoms with Gasteiger partial charge in [0.2, 0.25) is 5.91 Å². The van der Waals surface area contributed by atoms with Crippen LogP contribution < -0.4 is 10.6 Å². The normalized spacial score (nSPS) is 11.1. The molecule has 1 aromatic heterocycles. The number of amides is 1. The van der Waals surface area contributed by atoms with Crippen molar-refractivity contribution in [2.24, 2.45) is 0 Å². The van der Waals surface area contributed by atoms with E-state index in [1.54, 1.807) is 12.1 Å². The van der Waals surface area contributed by atoms with E-state index in [0.29, 0.717) is 17.2 Å². The predicted octanol–water partition coefficient (Wildman–Crippen LogP) is 5.33. The Balaban J connectivity index is 1.57. The molecule has 0 aliphatic rings. The van der Waals surface area contributed by atoms with Crippen molar-refractivity contribution in [3.63, 3.8) is 0 Å². The highest BCUT2D eigenvalue weighted by molar-refractivity contribution is 5.92. The van der Waals surface area contributed by atoms with Crippen LogP contribution in [0.1, 0.15) is 16.7 Å². The summed E-state index contributed by atoms with van der Waals surface area (Å²) in [6, 6.07) is 15.7. The van der Waals surface area contributed by atoms with E-state index in [4.69, 9.17) is 0 Å². The zero-order valence-corrected chi connectivity index (χ0v) is 15.0. The molecule has 0 spiro atoms. The Hall–Kier alpha value is -3.35. The van der Waals surface area contributed by atoms with Crippen molar-refractivity contribution < 1.29 is 18.0 Å². The number of nitrogens with zero attached hydrogens (tertiary/aromatic N) is 1. The predicted molar refractivity (Wildman–Crippen MR) is 102 cm³/mol. The molecular weight excluding hydrogens is 367 g/mol. The lowest BCUT2D eigenvalue weighted by Gasteiger charge is -2.10. The molecular formula is C21H18F3N3O. The maximum absolute atomic E-state index is 12.6. The second-order valence-electron chi connectivity index (χ2n) is 6.34. The minimum absolute atomic E-state index is 0.158. The molecule has 1 amide bonds. The van der Waals surface area contributed by atoms with Crippen LogP contribution in [0.5, 0.6) is 0 Å². The first-order valence-electron chi connectivity index (χ1n) is 8.55. The highest BCUT2D eigenvalue weighted by atomic mass is 19.4. The smallest absolute Gasteiger partial charge is 0.340 e. The second kappa shape index (κ2) is 8.12. The van der Waals surface area contributed by atoms with E-state index in [2.05, 4.69) is 15.6 Å². The molecule has 0 saturated heterocycles. The molecule has 7 heteroatoms. The SMILES string of the molecule is Cc1ccc(CC(=O)Nc2ccc(Nc3ccc(C(F)(F)F)cc3)nc2)cc1. The lowest BCUT2D eigenvalue weighted by atomic mass is 10.1. The third kappa shape index (κ3) is 5.33. The molecule has 0 unspecified atom stereocenters. The van der Waals surface area contributed by atoms with Crippen molar-refractivity contribution in [2.75, 3.05) is 10.6 Å². The fraction of sp³-hybridized carbons (Fsp3) is 0.143. The van der Waals surface area contributed by atoms with Crippen LogP contribution in [-0.4, -0.2) is 10.9 Å². The third-order valence-corrected chi connectivity index (χ3v) is 4.02. The average Bonchev–Trinajstić information content (AvgIpc) is 2.65. The number of halogens is 3. The van der Waals surface area contributed by atoms with E-state index in [9.17, 15) is 18.0 Å². The van der Waals surface area contributed by atoms with E-state index in [-0.39, 0.29) is 12.3 Å². The summed E-state index contributed by atoms with van der Waals surface area (Å²) in [6.45, 7) is 1.98. The summed E-state index contributed by atoms with van der Waals surface area (Å²) in [5.41, 5.74) is 2.35. The summed E-state index contributed by atoms with van der Waals surface area (Å²) >= 11 is 0. The molecule has 0 saturated carbocycles. The van der Waals surface area contributed by atoms with Crippen LogP contribution in [0.2, 0.25) is 0 Å². The molecule has 2 N–H and O–H groups in total. The topological polar surface area (TPSA) is 54.0 Å². The Morgan fingerprint density at radius 1 is 0.929 bits per heavy atom. The van der Waals surface area contributed by atoms with E-state index >= 15 is 0 Å². The lowest BCUT2D eigenvalue weighted by molar-refractivity contribution is -0.137. The summed E-state index contributed by atoms with van der Waals surface area (Å²) in [5.74, 6) is 0.297. The fourth-order valence-corrected chi connectivity index (χ4v) is 2.53. The summed E-state index contributed by atoms with van der Waals surface area (Å²) in [6.07, 6.45) is -2.62. The van der Waals surface area contributed by atoms with Gasteiger partial charge in [-0.05, 0) is 48.9 Å². The quantitative estimate of drug-likeness (QED) is 0.624. The van der Waals surface area contributed by atoms with Gasteiger partial charge in [-0.1, -0.05) is 29.8 Å². The number of aryl methyl sites for hydroxylation is 1. The maximum Gasteiger partial charge on any atom is 0.416 e. The van der Waals surface area contributed by atoms with Gasteiger partial charge in [0, 0.05) is 5.69 Å². The number of benzene rings is 2. The first kappa shape index (κ1) is 19.4. The molecule has 144 valence electrons. The van der Waals surface area contributed by atoms with E-state index in [1.807, 2.05) is 31.2 Å². The molecule has 0 aliphatic carbocycles. The van der Waals surface area contributed by atoms with Crippen molar-refractivity contribution >= 4 is 23.1 Å². The summed E-state index contributed by atoms with van der Waals surface area (Å²) < 4.78 is 37.7. The van der Waals surface area contributed by atoms with Crippen LogP contribution in [0, 0.1) is 6.92 Å². The number of pyridine rings is 1. The first-order valence-corrected chi connectivity index (χ1v) is 8.55. The zero-order valence-electron chi connectivity index (χ0n) is 15.0. The number of carbonyl (C=O) groups is 1. The minimum atomic E-state index is -4.37. The Kier molecular flexibility index (Phi) is 5.63. The molecule has 0 aliphatic heterocycles. The van der Waals surface area contributed by atoms with Crippen LogP contribution in [0.4, 0.5) is 30.4 Å². The number of nitrogens with one attached hydrogen (secondary N) is 2. The molecule has 2 aromatic carbocycles. The second-order valence-corrected chi connectivity index (χ2v) is 6.34. The number of anilines is 3. The molecule has 3 rings (SSSR count). The summed E-state index contributed by atoms with van der Waals surface area (Å²) in [5, 5.41) is 5.68. The Labute approximate surface area is 160 Å². The monoisotopic (exact) mass is 385 g/mol. The van der Waals surface area contributed by atoms with Gasteiger partial charge >= 0.3 is 6.18 Å². The van der Waals surface area contributed by atoms with Crippen LogP contribution in [0.25, 0.3) is 0 Å². The minimum Gasteiger partial charge on any atom is -0.340 e. The molecule has 0 bridgehead atoms. The van der Waals surface area contributed by atoms with E-state index < -0.39 is 11.7 Å². The Morgan fingerprint density at radius 3 is 2.14 bits per heavy atom. The van der Waals surface area contributed by atoms with Crippen LogP contribution >= 0.6 is 0 Å². The summed E-state index contributed by atoms with van der Waals surface area (Å²) in [4.78, 5) is 16.3. The molecule has 0 radical (unpaired) electrons. The van der Waals surface area contributed by atoms with Crippen molar-refractivity contribution in [1.82, 2.24) is 4.98 Å². The molecule has 1 heterocycles. The highest BCUT2D eigenvalue weighted by Gasteiger charge is 2.29. The van der Waals surface area contributed by atoms with Gasteiger partial charge in [-0.2, -0.15) is 13.2 Å². The highest BCUT2D eigenvalue weighted by Crippen LogP contribution is 2.30. The third-order valence-electron chi connectivity index (χ3n) is 4.02.